The SMILES string of the molecule is CCNCCC(=O)Nc1ccc(-n2nccn2)cc1. The Kier molecular flexibility index (Phi) is 4.63. The molecule has 6 heteroatoms. The molecule has 1 amide bonds. The number of rotatable bonds is 6. The Bertz CT molecular complexity index is 506. The van der Waals surface area contributed by atoms with E-state index in [2.05, 4.69) is 20.8 Å². The van der Waals surface area contributed by atoms with Gasteiger partial charge >= 0.3 is 0 Å². The summed E-state index contributed by atoms with van der Waals surface area (Å²) in [6.45, 7) is 3.58. The third kappa shape index (κ3) is 3.89. The van der Waals surface area contributed by atoms with E-state index in [0.29, 0.717) is 13.0 Å². The molecule has 1 aromatic carbocycles. The van der Waals surface area contributed by atoms with Crippen LogP contribution < -0.4 is 10.6 Å². The van der Waals surface area contributed by atoms with Gasteiger partial charge in [0, 0.05) is 18.7 Å². The van der Waals surface area contributed by atoms with E-state index in [1.807, 2.05) is 31.2 Å². The standard InChI is InChI=1S/C13H17N5O/c1-2-14-8-7-13(19)17-11-3-5-12(6-4-11)18-15-9-10-16-18/h3-6,9-10,14H,2,7-8H2,1H3,(H,17,19). The van der Waals surface area contributed by atoms with Crippen molar-refractivity contribution in [2.75, 3.05) is 18.4 Å². The van der Waals surface area contributed by atoms with Gasteiger partial charge in [-0.25, -0.2) is 0 Å². The molecule has 0 fully saturated rings. The molecule has 0 aliphatic carbocycles. The van der Waals surface area contributed by atoms with Crippen LogP contribution >= 0.6 is 0 Å². The highest BCUT2D eigenvalue weighted by molar-refractivity contribution is 5.90. The minimum absolute atomic E-state index is 0.00548. The van der Waals surface area contributed by atoms with Crippen molar-refractivity contribution < 1.29 is 4.79 Å². The van der Waals surface area contributed by atoms with Gasteiger partial charge in [0.15, 0.2) is 0 Å². The van der Waals surface area contributed by atoms with Crippen molar-refractivity contribution in [1.82, 2.24) is 20.3 Å². The lowest BCUT2D eigenvalue weighted by atomic mass is 10.2. The maximum absolute atomic E-state index is 11.6. The molecule has 0 aliphatic heterocycles. The lowest BCUT2D eigenvalue weighted by Gasteiger charge is -2.06. The summed E-state index contributed by atoms with van der Waals surface area (Å²) in [4.78, 5) is 13.1. The fourth-order valence-electron chi connectivity index (χ4n) is 1.63. The van der Waals surface area contributed by atoms with Gasteiger partial charge in [0.2, 0.25) is 5.91 Å². The highest BCUT2D eigenvalue weighted by Gasteiger charge is 2.02. The first kappa shape index (κ1) is 13.2. The quantitative estimate of drug-likeness (QED) is 0.765. The normalized spacial score (nSPS) is 10.4. The lowest BCUT2D eigenvalue weighted by Crippen LogP contribution is -2.21. The Morgan fingerprint density at radius 1 is 1.21 bits per heavy atom. The number of carbonyl (C=O) groups is 1. The van der Waals surface area contributed by atoms with Crippen LogP contribution in [0, 0.1) is 0 Å². The van der Waals surface area contributed by atoms with Crippen molar-refractivity contribution in [3.8, 4) is 5.69 Å². The van der Waals surface area contributed by atoms with Gasteiger partial charge in [0.05, 0.1) is 18.1 Å². The molecule has 0 saturated heterocycles. The third-order valence-corrected chi connectivity index (χ3v) is 2.58. The Labute approximate surface area is 111 Å². The fraction of sp³-hybridized carbons (Fsp3) is 0.308. The van der Waals surface area contributed by atoms with Crippen molar-refractivity contribution in [3.63, 3.8) is 0 Å². The highest BCUT2D eigenvalue weighted by Crippen LogP contribution is 2.11. The summed E-state index contributed by atoms with van der Waals surface area (Å²) in [5, 5.41) is 14.0. The molecular weight excluding hydrogens is 242 g/mol. The van der Waals surface area contributed by atoms with Crippen LogP contribution in [0.1, 0.15) is 13.3 Å². The average Bonchev–Trinajstić information content (AvgIpc) is 2.94. The van der Waals surface area contributed by atoms with Gasteiger partial charge in [0.1, 0.15) is 0 Å². The molecule has 1 aromatic heterocycles. The number of nitrogens with one attached hydrogen (secondary N) is 2. The first-order chi connectivity index (χ1) is 9.29. The van der Waals surface area contributed by atoms with Gasteiger partial charge in [-0.3, -0.25) is 4.79 Å². The minimum atomic E-state index is 0.00548. The van der Waals surface area contributed by atoms with Crippen LogP contribution in [-0.2, 0) is 4.79 Å². The van der Waals surface area contributed by atoms with Crippen LogP contribution in [0.5, 0.6) is 0 Å². The second-order valence-corrected chi connectivity index (χ2v) is 4.02. The molecule has 6 nitrogen and oxygen atoms in total. The van der Waals surface area contributed by atoms with Gasteiger partial charge in [-0.15, -0.1) is 0 Å². The van der Waals surface area contributed by atoms with E-state index in [0.717, 1.165) is 17.9 Å². The molecule has 0 bridgehead atoms. The predicted molar refractivity (Wildman–Crippen MR) is 73.1 cm³/mol. The van der Waals surface area contributed by atoms with Crippen LogP contribution in [0.2, 0.25) is 0 Å². The molecule has 0 spiro atoms. The number of hydrogen-bond donors (Lipinski definition) is 2. The molecule has 2 aromatic rings. The van der Waals surface area contributed by atoms with E-state index in [-0.39, 0.29) is 5.91 Å². The molecule has 0 saturated carbocycles. The van der Waals surface area contributed by atoms with Crippen LogP contribution in [0.4, 0.5) is 5.69 Å². The van der Waals surface area contributed by atoms with E-state index in [4.69, 9.17) is 0 Å². The number of nitrogens with zero attached hydrogens (tertiary/aromatic N) is 3. The molecule has 19 heavy (non-hydrogen) atoms. The van der Waals surface area contributed by atoms with Crippen molar-refractivity contribution in [2.45, 2.75) is 13.3 Å². The molecule has 0 unspecified atom stereocenters. The van der Waals surface area contributed by atoms with Crippen LogP contribution in [-0.4, -0.2) is 34.0 Å². The predicted octanol–water partition coefficient (Wildman–Crippen LogP) is 1.21. The van der Waals surface area contributed by atoms with Gasteiger partial charge < -0.3 is 10.6 Å². The van der Waals surface area contributed by atoms with Crippen molar-refractivity contribution in [2.24, 2.45) is 0 Å². The summed E-state index contributed by atoms with van der Waals surface area (Å²) in [7, 11) is 0. The summed E-state index contributed by atoms with van der Waals surface area (Å²) in [5.41, 5.74) is 1.63. The summed E-state index contributed by atoms with van der Waals surface area (Å²) >= 11 is 0. The van der Waals surface area contributed by atoms with Crippen molar-refractivity contribution >= 4 is 11.6 Å². The molecule has 0 aliphatic rings. The molecule has 100 valence electrons. The first-order valence-electron chi connectivity index (χ1n) is 6.27. The number of aromatic nitrogens is 3. The maximum atomic E-state index is 11.6. The zero-order valence-electron chi connectivity index (χ0n) is 10.8. The molecule has 0 atom stereocenters. The van der Waals surface area contributed by atoms with E-state index in [1.165, 1.54) is 4.80 Å². The zero-order chi connectivity index (χ0) is 13.5. The van der Waals surface area contributed by atoms with Gasteiger partial charge in [0.25, 0.3) is 0 Å². The average molecular weight is 259 g/mol. The van der Waals surface area contributed by atoms with E-state index in [1.54, 1.807) is 12.4 Å². The number of carbonyl (C=O) groups excluding carboxylic acids is 1. The first-order valence-corrected chi connectivity index (χ1v) is 6.27. The number of amides is 1. The van der Waals surface area contributed by atoms with Gasteiger partial charge in [-0.1, -0.05) is 6.92 Å². The monoisotopic (exact) mass is 259 g/mol. The molecule has 1 heterocycles. The summed E-state index contributed by atoms with van der Waals surface area (Å²) in [5.74, 6) is 0.00548. The van der Waals surface area contributed by atoms with E-state index < -0.39 is 0 Å². The molecule has 2 rings (SSSR count). The van der Waals surface area contributed by atoms with E-state index in [9.17, 15) is 4.79 Å². The summed E-state index contributed by atoms with van der Waals surface area (Å²) < 4.78 is 0. The Balaban J connectivity index is 1.90. The zero-order valence-corrected chi connectivity index (χ0v) is 10.8. The molecule has 2 N–H and O–H groups in total. The van der Waals surface area contributed by atoms with Crippen molar-refractivity contribution in [3.05, 3.63) is 36.7 Å². The Hall–Kier alpha value is -2.21. The van der Waals surface area contributed by atoms with Crippen LogP contribution in [0.15, 0.2) is 36.7 Å². The second kappa shape index (κ2) is 6.65. The van der Waals surface area contributed by atoms with Crippen LogP contribution in [0.3, 0.4) is 0 Å². The largest absolute Gasteiger partial charge is 0.326 e. The number of benzene rings is 1. The fourth-order valence-corrected chi connectivity index (χ4v) is 1.63. The maximum Gasteiger partial charge on any atom is 0.225 e. The third-order valence-electron chi connectivity index (χ3n) is 2.58. The summed E-state index contributed by atoms with van der Waals surface area (Å²) in [6.07, 6.45) is 3.71. The summed E-state index contributed by atoms with van der Waals surface area (Å²) in [6, 6.07) is 7.40. The van der Waals surface area contributed by atoms with Gasteiger partial charge in [-0.05, 0) is 30.8 Å². The highest BCUT2D eigenvalue weighted by atomic mass is 16.1. The second-order valence-electron chi connectivity index (χ2n) is 4.02. The lowest BCUT2D eigenvalue weighted by molar-refractivity contribution is -0.116. The topological polar surface area (TPSA) is 71.8 Å². The Morgan fingerprint density at radius 2 is 1.89 bits per heavy atom. The molecule has 0 radical (unpaired) electrons. The number of anilines is 1. The number of hydrogen-bond acceptors (Lipinski definition) is 4. The smallest absolute Gasteiger partial charge is 0.225 e. The minimum Gasteiger partial charge on any atom is -0.326 e. The van der Waals surface area contributed by atoms with Crippen LogP contribution in [0.25, 0.3) is 5.69 Å². The van der Waals surface area contributed by atoms with E-state index >= 15 is 0 Å². The van der Waals surface area contributed by atoms with Gasteiger partial charge in [-0.2, -0.15) is 15.0 Å². The molecular formula is C13H17N5O. The van der Waals surface area contributed by atoms with Crippen molar-refractivity contribution in [1.29, 1.82) is 0 Å². The Morgan fingerprint density at radius 3 is 2.53 bits per heavy atom.